The van der Waals surface area contributed by atoms with Gasteiger partial charge in [-0.2, -0.15) is 0 Å². The number of hydrogen-bond donors (Lipinski definition) is 0. The van der Waals surface area contributed by atoms with Crippen LogP contribution in [0, 0.1) is 5.82 Å². The van der Waals surface area contributed by atoms with Gasteiger partial charge in [0.25, 0.3) is 0 Å². The maximum Gasteiger partial charge on any atom is 0.203 e. The fraction of sp³-hybridized carbons (Fsp3) is 0.125. The Morgan fingerprint density at radius 3 is 2.82 bits per heavy atom. The molecule has 0 amide bonds. The highest BCUT2D eigenvalue weighted by molar-refractivity contribution is 6.31. The van der Waals surface area contributed by atoms with E-state index in [1.54, 1.807) is 6.29 Å². The third-order valence-corrected chi connectivity index (χ3v) is 1.63. The first-order valence-electron chi connectivity index (χ1n) is 3.03. The first kappa shape index (κ1) is 8.21. The highest BCUT2D eigenvalue weighted by Crippen LogP contribution is 2.16. The average molecular weight is 172 g/mol. The number of rotatable bonds is 2. The summed E-state index contributed by atoms with van der Waals surface area (Å²) in [4.78, 5) is 9.93. The van der Waals surface area contributed by atoms with E-state index in [-0.39, 0.29) is 11.4 Å². The molecule has 1 radical (unpaired) electrons. The van der Waals surface area contributed by atoms with Crippen LogP contribution in [0.5, 0.6) is 0 Å². The smallest absolute Gasteiger partial charge is 0.203 e. The third-order valence-electron chi connectivity index (χ3n) is 1.28. The molecule has 0 atom stereocenters. The molecule has 1 nitrogen and oxygen atoms in total. The van der Waals surface area contributed by atoms with Crippen LogP contribution < -0.4 is 0 Å². The second-order valence-electron chi connectivity index (χ2n) is 2.06. The third kappa shape index (κ3) is 2.02. The number of halogens is 2. The van der Waals surface area contributed by atoms with Gasteiger partial charge in [0, 0.05) is 11.4 Å². The zero-order valence-corrected chi connectivity index (χ0v) is 6.36. The van der Waals surface area contributed by atoms with Crippen molar-refractivity contribution in [3.63, 3.8) is 0 Å². The Balaban J connectivity index is 2.98. The Morgan fingerprint density at radius 1 is 1.55 bits per heavy atom. The Kier molecular flexibility index (Phi) is 2.60. The molecule has 0 aliphatic carbocycles. The lowest BCUT2D eigenvalue weighted by atomic mass is 10.2. The van der Waals surface area contributed by atoms with Crippen LogP contribution in [0.25, 0.3) is 0 Å². The first-order chi connectivity index (χ1) is 5.24. The number of carbonyl (C=O) groups excluding carboxylic acids is 1. The van der Waals surface area contributed by atoms with Gasteiger partial charge in [0.05, 0.1) is 0 Å². The van der Waals surface area contributed by atoms with Crippen molar-refractivity contribution < 1.29 is 9.18 Å². The summed E-state index contributed by atoms with van der Waals surface area (Å²) in [5.41, 5.74) is 0.600. The molecule has 0 fully saturated rings. The quantitative estimate of drug-likeness (QED) is 0.666. The van der Waals surface area contributed by atoms with Crippen LogP contribution in [0.1, 0.15) is 5.56 Å². The molecule has 0 heterocycles. The lowest BCUT2D eigenvalue weighted by Crippen LogP contribution is -1.87. The maximum absolute atomic E-state index is 12.4. The van der Waals surface area contributed by atoms with Gasteiger partial charge >= 0.3 is 0 Å². The fourth-order valence-corrected chi connectivity index (χ4v) is 0.977. The van der Waals surface area contributed by atoms with Crippen LogP contribution in [0.2, 0.25) is 5.02 Å². The summed E-state index contributed by atoms with van der Waals surface area (Å²) in [6, 6.07) is 3.91. The van der Waals surface area contributed by atoms with E-state index in [0.717, 1.165) is 0 Å². The minimum atomic E-state index is -0.398. The van der Waals surface area contributed by atoms with Crippen LogP contribution in [0.3, 0.4) is 0 Å². The van der Waals surface area contributed by atoms with Crippen molar-refractivity contribution in [2.75, 3.05) is 0 Å². The number of benzene rings is 1. The summed E-state index contributed by atoms with van der Waals surface area (Å²) in [6.07, 6.45) is 1.80. The minimum Gasteiger partial charge on any atom is -0.291 e. The molecule has 0 saturated carbocycles. The van der Waals surface area contributed by atoms with Crippen molar-refractivity contribution in [1.82, 2.24) is 0 Å². The van der Waals surface area contributed by atoms with Crippen molar-refractivity contribution in [3.05, 3.63) is 34.6 Å². The van der Waals surface area contributed by atoms with Gasteiger partial charge in [-0.1, -0.05) is 17.7 Å². The fourth-order valence-electron chi connectivity index (χ4n) is 0.743. The van der Waals surface area contributed by atoms with Gasteiger partial charge in [-0.15, -0.1) is 0 Å². The first-order valence-corrected chi connectivity index (χ1v) is 3.41. The molecule has 0 unspecified atom stereocenters. The molecule has 0 aliphatic rings. The van der Waals surface area contributed by atoms with Gasteiger partial charge in [0.1, 0.15) is 5.82 Å². The Bertz CT molecular complexity index is 273. The Hall–Kier alpha value is -0.890. The zero-order valence-electron chi connectivity index (χ0n) is 5.60. The van der Waals surface area contributed by atoms with Crippen LogP contribution >= 0.6 is 11.6 Å². The van der Waals surface area contributed by atoms with E-state index in [2.05, 4.69) is 0 Å². The highest BCUT2D eigenvalue weighted by Gasteiger charge is 2.00. The van der Waals surface area contributed by atoms with E-state index >= 15 is 0 Å². The molecular formula is C8H5ClFO. The molecule has 1 aromatic rings. The van der Waals surface area contributed by atoms with Gasteiger partial charge in [-0.05, 0) is 17.7 Å². The lowest BCUT2D eigenvalue weighted by molar-refractivity contribution is 0.555. The predicted octanol–water partition coefficient (Wildman–Crippen LogP) is 2.13. The molecule has 0 N–H and O–H groups in total. The molecular weight excluding hydrogens is 167 g/mol. The van der Waals surface area contributed by atoms with Crippen molar-refractivity contribution in [2.24, 2.45) is 0 Å². The van der Waals surface area contributed by atoms with E-state index in [1.807, 2.05) is 0 Å². The van der Waals surface area contributed by atoms with Gasteiger partial charge in [-0.3, -0.25) is 4.79 Å². The normalized spacial score (nSPS) is 9.64. The predicted molar refractivity (Wildman–Crippen MR) is 40.8 cm³/mol. The average Bonchev–Trinajstić information content (AvgIpc) is 1.95. The summed E-state index contributed by atoms with van der Waals surface area (Å²) in [5, 5.41) is 0.272. The summed E-state index contributed by atoms with van der Waals surface area (Å²) < 4.78 is 12.4. The largest absolute Gasteiger partial charge is 0.291 e. The lowest BCUT2D eigenvalue weighted by Gasteiger charge is -1.97. The van der Waals surface area contributed by atoms with Crippen LogP contribution in [0.15, 0.2) is 18.2 Å². The summed E-state index contributed by atoms with van der Waals surface area (Å²) in [5.74, 6) is -0.398. The van der Waals surface area contributed by atoms with Gasteiger partial charge in [0.15, 0.2) is 0 Å². The van der Waals surface area contributed by atoms with E-state index < -0.39 is 5.82 Å². The van der Waals surface area contributed by atoms with E-state index in [1.165, 1.54) is 18.2 Å². The zero-order chi connectivity index (χ0) is 8.27. The van der Waals surface area contributed by atoms with E-state index in [0.29, 0.717) is 5.56 Å². The second-order valence-corrected chi connectivity index (χ2v) is 2.46. The van der Waals surface area contributed by atoms with Crippen LogP contribution in [-0.2, 0) is 11.2 Å². The Morgan fingerprint density at radius 2 is 2.27 bits per heavy atom. The summed E-state index contributed by atoms with van der Waals surface area (Å²) in [6.45, 7) is 0. The standard InChI is InChI=1S/C8H5ClFO/c9-8-5-7(10)2-1-6(8)3-4-11/h1-2,5H,3H2. The molecule has 57 valence electrons. The minimum absolute atomic E-state index is 0.110. The molecule has 0 bridgehead atoms. The van der Waals surface area contributed by atoms with Gasteiger partial charge in [0.2, 0.25) is 6.29 Å². The Labute approximate surface area is 68.8 Å². The van der Waals surface area contributed by atoms with Crippen molar-refractivity contribution >= 4 is 17.9 Å². The molecule has 0 aromatic heterocycles. The molecule has 1 aromatic carbocycles. The molecule has 0 aliphatic heterocycles. The van der Waals surface area contributed by atoms with Crippen molar-refractivity contribution in [2.45, 2.75) is 6.42 Å². The van der Waals surface area contributed by atoms with Gasteiger partial charge < -0.3 is 0 Å². The number of hydrogen-bond acceptors (Lipinski definition) is 1. The molecule has 1 rings (SSSR count). The molecule has 0 saturated heterocycles. The molecule has 3 heteroatoms. The monoisotopic (exact) mass is 171 g/mol. The topological polar surface area (TPSA) is 17.1 Å². The van der Waals surface area contributed by atoms with E-state index in [4.69, 9.17) is 11.6 Å². The summed E-state index contributed by atoms with van der Waals surface area (Å²) >= 11 is 5.59. The maximum atomic E-state index is 12.4. The van der Waals surface area contributed by atoms with Crippen LogP contribution in [-0.4, -0.2) is 6.29 Å². The second kappa shape index (κ2) is 3.49. The van der Waals surface area contributed by atoms with Gasteiger partial charge in [-0.25, -0.2) is 4.39 Å². The van der Waals surface area contributed by atoms with Crippen molar-refractivity contribution in [1.29, 1.82) is 0 Å². The molecule has 11 heavy (non-hydrogen) atoms. The summed E-state index contributed by atoms with van der Waals surface area (Å²) in [7, 11) is 0. The molecule has 0 spiro atoms. The van der Waals surface area contributed by atoms with Crippen molar-refractivity contribution in [3.8, 4) is 0 Å². The van der Waals surface area contributed by atoms with E-state index in [9.17, 15) is 9.18 Å². The van der Waals surface area contributed by atoms with Crippen LogP contribution in [0.4, 0.5) is 4.39 Å². The SMILES string of the molecule is O=[C]Cc1ccc(F)cc1Cl. The highest BCUT2D eigenvalue weighted by atomic mass is 35.5.